The average Bonchev–Trinajstić information content (AvgIpc) is 2.59. The molecule has 1 amide bonds. The Kier molecular flexibility index (Phi) is 3.47. The highest BCUT2D eigenvalue weighted by Gasteiger charge is 2.41. The Morgan fingerprint density at radius 2 is 2.10 bits per heavy atom. The number of nitrogens with zero attached hydrogens (tertiary/aromatic N) is 2. The Balaban J connectivity index is 2.44. The van der Waals surface area contributed by atoms with E-state index in [-0.39, 0.29) is 10.5 Å². The third-order valence-corrected chi connectivity index (χ3v) is 4.54. The van der Waals surface area contributed by atoms with Crippen molar-refractivity contribution in [1.82, 2.24) is 4.31 Å². The molecule has 0 bridgehead atoms. The van der Waals surface area contributed by atoms with E-state index in [4.69, 9.17) is 5.11 Å². The quantitative estimate of drug-likeness (QED) is 0.482. The fraction of sp³-hybridized carbons (Fsp3) is 0.0909. The highest BCUT2D eigenvalue weighted by molar-refractivity contribution is 7.90. The lowest BCUT2D eigenvalue weighted by Crippen LogP contribution is -2.30. The summed E-state index contributed by atoms with van der Waals surface area (Å²) in [6.07, 6.45) is 1.70. The van der Waals surface area contributed by atoms with Gasteiger partial charge in [0.1, 0.15) is 4.90 Å². The molecule has 0 saturated carbocycles. The summed E-state index contributed by atoms with van der Waals surface area (Å²) < 4.78 is 24.7. The summed E-state index contributed by atoms with van der Waals surface area (Å²) >= 11 is 0. The number of carbonyl (C=O) groups is 2. The molecule has 0 saturated heterocycles. The zero-order valence-electron chi connectivity index (χ0n) is 10.3. The van der Waals surface area contributed by atoms with Gasteiger partial charge in [-0.1, -0.05) is 6.08 Å². The molecule has 9 nitrogen and oxygen atoms in total. The van der Waals surface area contributed by atoms with E-state index in [1.807, 2.05) is 0 Å². The van der Waals surface area contributed by atoms with Gasteiger partial charge in [-0.25, -0.2) is 17.5 Å². The monoisotopic (exact) mass is 312 g/mol. The second kappa shape index (κ2) is 4.98. The van der Waals surface area contributed by atoms with E-state index in [9.17, 15) is 28.1 Å². The van der Waals surface area contributed by atoms with Crippen molar-refractivity contribution in [2.45, 2.75) is 4.90 Å². The van der Waals surface area contributed by atoms with Gasteiger partial charge in [0, 0.05) is 18.2 Å². The minimum atomic E-state index is -4.12. The Hall–Kier alpha value is -2.75. The molecule has 1 heterocycles. The topological polar surface area (TPSA) is 135 Å². The molecule has 21 heavy (non-hydrogen) atoms. The molecule has 1 aromatic carbocycles. The van der Waals surface area contributed by atoms with Gasteiger partial charge in [0.05, 0.1) is 17.0 Å². The van der Waals surface area contributed by atoms with Gasteiger partial charge in [0.15, 0.2) is 0 Å². The van der Waals surface area contributed by atoms with Crippen molar-refractivity contribution in [1.29, 1.82) is 0 Å². The minimum absolute atomic E-state index is 0.298. The van der Waals surface area contributed by atoms with Crippen molar-refractivity contribution in [3.05, 3.63) is 46.0 Å². The van der Waals surface area contributed by atoms with E-state index in [2.05, 4.69) is 0 Å². The van der Waals surface area contributed by atoms with E-state index in [0.717, 1.165) is 24.3 Å². The van der Waals surface area contributed by atoms with Crippen molar-refractivity contribution in [2.24, 2.45) is 0 Å². The number of rotatable bonds is 4. The molecule has 0 spiro atoms. The average molecular weight is 312 g/mol. The number of nitro benzene ring substituents is 1. The summed E-state index contributed by atoms with van der Waals surface area (Å²) in [6.45, 7) is -0.462. The van der Waals surface area contributed by atoms with Gasteiger partial charge in [-0.3, -0.25) is 14.9 Å². The minimum Gasteiger partial charge on any atom is -0.478 e. The first-order valence-electron chi connectivity index (χ1n) is 5.50. The number of carboxylic acid groups (broad SMARTS) is 1. The number of carbonyl (C=O) groups excluding carboxylic acids is 1. The summed E-state index contributed by atoms with van der Waals surface area (Å²) in [5.74, 6) is -2.21. The lowest BCUT2D eigenvalue weighted by Gasteiger charge is -2.11. The second-order valence-corrected chi connectivity index (χ2v) is 5.85. The van der Waals surface area contributed by atoms with E-state index in [0.29, 0.717) is 10.4 Å². The largest absolute Gasteiger partial charge is 0.478 e. The summed E-state index contributed by atoms with van der Waals surface area (Å²) in [5.41, 5.74) is -0.701. The highest BCUT2D eigenvalue weighted by Crippen LogP contribution is 2.32. The number of aliphatic carboxylic acids is 1. The van der Waals surface area contributed by atoms with Gasteiger partial charge >= 0.3 is 5.97 Å². The number of amides is 1. The highest BCUT2D eigenvalue weighted by atomic mass is 32.2. The standard InChI is InChI=1S/C11H8N2O7S/c14-10(15)2-1-5-12-11(16)8-6-7(13(17)18)3-4-9(8)21(12,19)20/h1-4,6H,5H2,(H,14,15). The molecule has 10 heteroatoms. The van der Waals surface area contributed by atoms with Gasteiger partial charge in [-0.15, -0.1) is 0 Å². The SMILES string of the molecule is O=C(O)C=CCN1C(=O)c2cc([N+](=O)[O-])ccc2S1(=O)=O. The van der Waals surface area contributed by atoms with Crippen LogP contribution in [0.2, 0.25) is 0 Å². The molecule has 1 N–H and O–H groups in total. The Bertz CT molecular complexity index is 782. The fourth-order valence-electron chi connectivity index (χ4n) is 1.82. The van der Waals surface area contributed by atoms with Crippen LogP contribution in [0.3, 0.4) is 0 Å². The van der Waals surface area contributed by atoms with Crippen LogP contribution in [0.4, 0.5) is 5.69 Å². The molecular formula is C11H8N2O7S. The van der Waals surface area contributed by atoms with Crippen LogP contribution in [0.5, 0.6) is 0 Å². The third-order valence-electron chi connectivity index (χ3n) is 2.73. The van der Waals surface area contributed by atoms with Gasteiger partial charge in [-0.2, -0.15) is 0 Å². The summed E-state index contributed by atoms with van der Waals surface area (Å²) in [6, 6.07) is 2.86. The number of nitro groups is 1. The smallest absolute Gasteiger partial charge is 0.328 e. The first-order chi connectivity index (χ1) is 9.75. The van der Waals surface area contributed by atoms with Crippen LogP contribution < -0.4 is 0 Å². The van der Waals surface area contributed by atoms with Gasteiger partial charge in [0.2, 0.25) is 0 Å². The normalized spacial score (nSPS) is 16.2. The van der Waals surface area contributed by atoms with E-state index in [1.54, 1.807) is 0 Å². The number of hydrogen-bond acceptors (Lipinski definition) is 6. The molecular weight excluding hydrogens is 304 g/mol. The number of non-ortho nitro benzene ring substituents is 1. The Morgan fingerprint density at radius 3 is 2.67 bits per heavy atom. The molecule has 0 aliphatic carbocycles. The third kappa shape index (κ3) is 2.48. The maximum Gasteiger partial charge on any atom is 0.328 e. The molecule has 0 unspecified atom stereocenters. The molecule has 110 valence electrons. The van der Waals surface area contributed by atoms with Gasteiger partial charge < -0.3 is 5.11 Å². The maximum absolute atomic E-state index is 12.1. The summed E-state index contributed by atoms with van der Waals surface area (Å²) in [7, 11) is -4.12. The zero-order valence-corrected chi connectivity index (χ0v) is 11.1. The predicted molar refractivity (Wildman–Crippen MR) is 68.1 cm³/mol. The van der Waals surface area contributed by atoms with Gasteiger partial charge in [0.25, 0.3) is 21.6 Å². The number of benzene rings is 1. The van der Waals surface area contributed by atoms with E-state index < -0.39 is 39.1 Å². The summed E-state index contributed by atoms with van der Waals surface area (Å²) in [4.78, 5) is 31.9. The van der Waals surface area contributed by atoms with Crippen LogP contribution in [0.25, 0.3) is 0 Å². The lowest BCUT2D eigenvalue weighted by atomic mass is 10.2. The molecule has 0 atom stereocenters. The lowest BCUT2D eigenvalue weighted by molar-refractivity contribution is -0.384. The van der Waals surface area contributed by atoms with Crippen LogP contribution in [0, 0.1) is 10.1 Å². The number of carboxylic acids is 1. The molecule has 1 aliphatic rings. The number of fused-ring (bicyclic) bond motifs is 1. The first kappa shape index (κ1) is 14.7. The van der Waals surface area contributed by atoms with Crippen LogP contribution in [0.1, 0.15) is 10.4 Å². The van der Waals surface area contributed by atoms with Crippen molar-refractivity contribution in [2.75, 3.05) is 6.54 Å². The maximum atomic E-state index is 12.1. The molecule has 0 radical (unpaired) electrons. The number of hydrogen-bond donors (Lipinski definition) is 1. The Labute approximate surface area is 118 Å². The molecule has 2 rings (SSSR count). The zero-order chi connectivity index (χ0) is 15.8. The summed E-state index contributed by atoms with van der Waals surface area (Å²) in [5, 5.41) is 19.1. The fourth-order valence-corrected chi connectivity index (χ4v) is 3.32. The molecule has 0 aromatic heterocycles. The van der Waals surface area contributed by atoms with E-state index in [1.165, 1.54) is 0 Å². The first-order valence-corrected chi connectivity index (χ1v) is 6.94. The molecule has 1 aliphatic heterocycles. The van der Waals surface area contributed by atoms with Crippen LogP contribution in [0.15, 0.2) is 35.2 Å². The van der Waals surface area contributed by atoms with Crippen molar-refractivity contribution in [3.8, 4) is 0 Å². The predicted octanol–water partition coefficient (Wildman–Crippen LogP) is 0.380. The van der Waals surface area contributed by atoms with Crippen molar-refractivity contribution < 1.29 is 28.0 Å². The molecule has 1 aromatic rings. The second-order valence-electron chi connectivity index (χ2n) is 4.02. The Morgan fingerprint density at radius 1 is 1.43 bits per heavy atom. The van der Waals surface area contributed by atoms with Crippen molar-refractivity contribution >= 4 is 27.6 Å². The van der Waals surface area contributed by atoms with Crippen LogP contribution >= 0.6 is 0 Å². The van der Waals surface area contributed by atoms with E-state index >= 15 is 0 Å². The van der Waals surface area contributed by atoms with Crippen LogP contribution in [-0.4, -0.2) is 41.2 Å². The molecule has 0 fully saturated rings. The number of sulfonamides is 1. The van der Waals surface area contributed by atoms with Crippen molar-refractivity contribution in [3.63, 3.8) is 0 Å². The van der Waals surface area contributed by atoms with Crippen LogP contribution in [-0.2, 0) is 14.8 Å². The van der Waals surface area contributed by atoms with Gasteiger partial charge in [-0.05, 0) is 6.07 Å².